The number of hydrogen-bond acceptors (Lipinski definition) is 5. The summed E-state index contributed by atoms with van der Waals surface area (Å²) in [6.45, 7) is 1.26. The van der Waals surface area contributed by atoms with Gasteiger partial charge >= 0.3 is 0 Å². The summed E-state index contributed by atoms with van der Waals surface area (Å²) in [5.74, 6) is -0.878. The first kappa shape index (κ1) is 24.0. The van der Waals surface area contributed by atoms with Crippen LogP contribution in [0.1, 0.15) is 27.1 Å². The number of carbonyl (C=O) groups excluding carboxylic acids is 3. The molecule has 0 saturated heterocycles. The molecular weight excluding hydrogens is 446 g/mol. The molecule has 3 aromatic rings. The first-order chi connectivity index (χ1) is 16.0. The van der Waals surface area contributed by atoms with Gasteiger partial charge in [0, 0.05) is 56.0 Å². The number of rotatable bonds is 10. The minimum atomic E-state index is -0.377. The second kappa shape index (κ2) is 11.8. The number of imidazole rings is 1. The maximum Gasteiger partial charge on any atom is 0.255 e. The van der Waals surface area contributed by atoms with Gasteiger partial charge in [0.05, 0.1) is 23.5 Å². The molecule has 10 heteroatoms. The summed E-state index contributed by atoms with van der Waals surface area (Å²) in [7, 11) is 1.54. The van der Waals surface area contributed by atoms with Crippen LogP contribution in [-0.4, -0.2) is 47.5 Å². The van der Waals surface area contributed by atoms with Gasteiger partial charge in [-0.15, -0.1) is 0 Å². The van der Waals surface area contributed by atoms with Crippen LogP contribution < -0.4 is 16.0 Å². The van der Waals surface area contributed by atoms with E-state index < -0.39 is 0 Å². The molecule has 0 atom stereocenters. The van der Waals surface area contributed by atoms with Crippen molar-refractivity contribution >= 4 is 40.7 Å². The summed E-state index contributed by atoms with van der Waals surface area (Å²) in [6.07, 6.45) is 5.35. The Morgan fingerprint density at radius 2 is 1.88 bits per heavy atom. The first-order valence-electron chi connectivity index (χ1n) is 10.2. The normalized spacial score (nSPS) is 10.5. The predicted octanol–water partition coefficient (Wildman–Crippen LogP) is 3.19. The van der Waals surface area contributed by atoms with Gasteiger partial charge in [0.1, 0.15) is 0 Å². The Morgan fingerprint density at radius 1 is 1.06 bits per heavy atom. The number of ether oxygens (including phenoxy) is 1. The molecule has 0 aliphatic heterocycles. The standard InChI is InChI=1S/C23H24ClN5O4/c1-33-12-9-26-23(32)19-6-5-18(14-20(19)24)28-22(31)16-3-2-4-17(13-16)27-21(30)7-10-29-11-8-25-15-29/h2-6,8,11,13-15H,7,9-10,12H2,1H3,(H,26,32)(H,27,30)(H,28,31). The number of methoxy groups -OCH3 is 1. The molecule has 2 aromatic carbocycles. The molecule has 0 radical (unpaired) electrons. The van der Waals surface area contributed by atoms with E-state index in [4.69, 9.17) is 16.3 Å². The number of aromatic nitrogens is 2. The highest BCUT2D eigenvalue weighted by atomic mass is 35.5. The number of nitrogens with zero attached hydrogens (tertiary/aromatic N) is 2. The van der Waals surface area contributed by atoms with E-state index in [1.165, 1.54) is 12.1 Å². The van der Waals surface area contributed by atoms with Crippen molar-refractivity contribution < 1.29 is 19.1 Å². The Labute approximate surface area is 196 Å². The maximum absolute atomic E-state index is 12.7. The average Bonchev–Trinajstić information content (AvgIpc) is 3.32. The van der Waals surface area contributed by atoms with E-state index in [9.17, 15) is 14.4 Å². The van der Waals surface area contributed by atoms with Crippen molar-refractivity contribution in [2.75, 3.05) is 30.9 Å². The number of halogens is 1. The molecular formula is C23H24ClN5O4. The number of aryl methyl sites for hydroxylation is 1. The first-order valence-corrected chi connectivity index (χ1v) is 10.6. The van der Waals surface area contributed by atoms with Crippen LogP contribution in [0.3, 0.4) is 0 Å². The molecule has 3 N–H and O–H groups in total. The van der Waals surface area contributed by atoms with Crippen LogP contribution in [0.5, 0.6) is 0 Å². The molecule has 3 amide bonds. The van der Waals surface area contributed by atoms with Crippen LogP contribution in [0.25, 0.3) is 0 Å². The summed E-state index contributed by atoms with van der Waals surface area (Å²) in [6, 6.07) is 11.3. The van der Waals surface area contributed by atoms with Gasteiger partial charge in [-0.3, -0.25) is 14.4 Å². The lowest BCUT2D eigenvalue weighted by Gasteiger charge is -2.11. The van der Waals surface area contributed by atoms with Crippen LogP contribution in [0.15, 0.2) is 61.2 Å². The fourth-order valence-electron chi connectivity index (χ4n) is 2.95. The SMILES string of the molecule is COCCNC(=O)c1ccc(NC(=O)c2cccc(NC(=O)CCn3ccnc3)c2)cc1Cl. The van der Waals surface area contributed by atoms with Crippen LogP contribution in [0.4, 0.5) is 11.4 Å². The monoisotopic (exact) mass is 469 g/mol. The number of benzene rings is 2. The molecule has 33 heavy (non-hydrogen) atoms. The maximum atomic E-state index is 12.7. The molecule has 3 rings (SSSR count). The van der Waals surface area contributed by atoms with Gasteiger partial charge in [-0.2, -0.15) is 0 Å². The van der Waals surface area contributed by atoms with Crippen molar-refractivity contribution in [2.45, 2.75) is 13.0 Å². The fourth-order valence-corrected chi connectivity index (χ4v) is 3.22. The third-order valence-electron chi connectivity index (χ3n) is 4.63. The van der Waals surface area contributed by atoms with Gasteiger partial charge in [-0.25, -0.2) is 4.98 Å². The predicted molar refractivity (Wildman–Crippen MR) is 126 cm³/mol. The van der Waals surface area contributed by atoms with E-state index in [-0.39, 0.29) is 29.2 Å². The van der Waals surface area contributed by atoms with E-state index in [2.05, 4.69) is 20.9 Å². The fraction of sp³-hybridized carbons (Fsp3) is 0.217. The molecule has 0 unspecified atom stereocenters. The quantitative estimate of drug-likeness (QED) is 0.394. The largest absolute Gasteiger partial charge is 0.383 e. The average molecular weight is 470 g/mol. The zero-order valence-corrected chi connectivity index (χ0v) is 18.8. The van der Waals surface area contributed by atoms with Crippen LogP contribution in [-0.2, 0) is 16.1 Å². The molecule has 172 valence electrons. The molecule has 1 aromatic heterocycles. The second-order valence-corrected chi connectivity index (χ2v) is 7.48. The summed E-state index contributed by atoms with van der Waals surface area (Å²) in [4.78, 5) is 40.9. The van der Waals surface area contributed by atoms with Gasteiger partial charge in [0.2, 0.25) is 5.91 Å². The molecule has 1 heterocycles. The minimum absolute atomic E-state index is 0.174. The van der Waals surface area contributed by atoms with E-state index in [1.54, 1.807) is 56.2 Å². The number of carbonyl (C=O) groups is 3. The highest BCUT2D eigenvalue weighted by molar-refractivity contribution is 6.34. The summed E-state index contributed by atoms with van der Waals surface area (Å²) < 4.78 is 6.71. The zero-order chi connectivity index (χ0) is 23.6. The van der Waals surface area contributed by atoms with Crippen molar-refractivity contribution in [3.63, 3.8) is 0 Å². The third-order valence-corrected chi connectivity index (χ3v) is 4.94. The highest BCUT2D eigenvalue weighted by Crippen LogP contribution is 2.22. The molecule has 0 aliphatic carbocycles. The van der Waals surface area contributed by atoms with Crippen molar-refractivity contribution in [3.8, 4) is 0 Å². The molecule has 0 aliphatic rings. The van der Waals surface area contributed by atoms with Gasteiger partial charge in [0.15, 0.2) is 0 Å². The number of anilines is 2. The van der Waals surface area contributed by atoms with E-state index >= 15 is 0 Å². The van der Waals surface area contributed by atoms with Crippen LogP contribution >= 0.6 is 11.6 Å². The Morgan fingerprint density at radius 3 is 2.61 bits per heavy atom. The van der Waals surface area contributed by atoms with Crippen molar-refractivity contribution in [1.82, 2.24) is 14.9 Å². The van der Waals surface area contributed by atoms with Crippen LogP contribution in [0.2, 0.25) is 5.02 Å². The number of nitrogens with one attached hydrogen (secondary N) is 3. The van der Waals surface area contributed by atoms with Gasteiger partial charge in [-0.1, -0.05) is 17.7 Å². The summed E-state index contributed by atoms with van der Waals surface area (Å²) in [5, 5.41) is 8.43. The Bertz CT molecular complexity index is 1120. The van der Waals surface area contributed by atoms with Crippen LogP contribution in [0, 0.1) is 0 Å². The smallest absolute Gasteiger partial charge is 0.255 e. The molecule has 0 spiro atoms. The Balaban J connectivity index is 1.58. The minimum Gasteiger partial charge on any atom is -0.383 e. The van der Waals surface area contributed by atoms with E-state index in [0.29, 0.717) is 42.2 Å². The zero-order valence-electron chi connectivity index (χ0n) is 18.0. The molecule has 9 nitrogen and oxygen atoms in total. The van der Waals surface area contributed by atoms with Gasteiger partial charge in [0.25, 0.3) is 11.8 Å². The summed E-state index contributed by atoms with van der Waals surface area (Å²) in [5.41, 5.74) is 1.61. The van der Waals surface area contributed by atoms with Crippen molar-refractivity contribution in [1.29, 1.82) is 0 Å². The molecule has 0 bridgehead atoms. The molecule has 0 fully saturated rings. The Kier molecular flexibility index (Phi) is 8.56. The van der Waals surface area contributed by atoms with E-state index in [1.807, 2.05) is 4.57 Å². The van der Waals surface area contributed by atoms with Gasteiger partial charge in [-0.05, 0) is 36.4 Å². The third kappa shape index (κ3) is 7.16. The van der Waals surface area contributed by atoms with Gasteiger partial charge < -0.3 is 25.3 Å². The van der Waals surface area contributed by atoms with Crippen molar-refractivity contribution in [3.05, 3.63) is 77.3 Å². The topological polar surface area (TPSA) is 114 Å². The number of amides is 3. The Hall–Kier alpha value is -3.69. The lowest BCUT2D eigenvalue weighted by atomic mass is 10.1. The van der Waals surface area contributed by atoms with E-state index in [0.717, 1.165) is 0 Å². The number of hydrogen-bond donors (Lipinski definition) is 3. The molecule has 0 saturated carbocycles. The summed E-state index contributed by atoms with van der Waals surface area (Å²) >= 11 is 6.22. The lowest BCUT2D eigenvalue weighted by Crippen LogP contribution is -2.27. The second-order valence-electron chi connectivity index (χ2n) is 7.08. The highest BCUT2D eigenvalue weighted by Gasteiger charge is 2.13. The van der Waals surface area contributed by atoms with Crippen molar-refractivity contribution in [2.24, 2.45) is 0 Å². The lowest BCUT2D eigenvalue weighted by molar-refractivity contribution is -0.116.